The molecule has 0 heterocycles. The van der Waals surface area contributed by atoms with E-state index in [0.29, 0.717) is 25.7 Å². The molecule has 126 valence electrons. The van der Waals surface area contributed by atoms with Gasteiger partial charge < -0.3 is 5.32 Å². The molecule has 0 aliphatic carbocycles. The van der Waals surface area contributed by atoms with Gasteiger partial charge in [0.1, 0.15) is 0 Å². The van der Waals surface area contributed by atoms with E-state index in [0.717, 1.165) is 29.4 Å². The standard InChI is InChI=1S/C17H24BrN3O2/c1-2-3-11-19-16(22)9-4-5-10-17(23)21-20-13-14-7-6-8-15(18)12-14/h6-8,12-13H,2-5,9-11H2,1H3,(H,19,22)(H,21,23). The summed E-state index contributed by atoms with van der Waals surface area (Å²) < 4.78 is 0.963. The van der Waals surface area contributed by atoms with E-state index in [9.17, 15) is 9.59 Å². The molecule has 2 N–H and O–H groups in total. The Labute approximate surface area is 146 Å². The van der Waals surface area contributed by atoms with Crippen LogP contribution in [0.3, 0.4) is 0 Å². The van der Waals surface area contributed by atoms with E-state index < -0.39 is 0 Å². The highest BCUT2D eigenvalue weighted by molar-refractivity contribution is 9.10. The number of rotatable bonds is 10. The summed E-state index contributed by atoms with van der Waals surface area (Å²) in [6.07, 6.45) is 5.91. The predicted molar refractivity (Wildman–Crippen MR) is 96.3 cm³/mol. The third-order valence-corrected chi connectivity index (χ3v) is 3.65. The van der Waals surface area contributed by atoms with Crippen LogP contribution in [0, 0.1) is 0 Å². The average Bonchev–Trinajstić information content (AvgIpc) is 2.52. The van der Waals surface area contributed by atoms with Crippen molar-refractivity contribution in [1.29, 1.82) is 0 Å². The van der Waals surface area contributed by atoms with Crippen LogP contribution < -0.4 is 10.7 Å². The van der Waals surface area contributed by atoms with E-state index in [1.807, 2.05) is 24.3 Å². The molecular formula is C17H24BrN3O2. The van der Waals surface area contributed by atoms with Gasteiger partial charge in [0.15, 0.2) is 0 Å². The van der Waals surface area contributed by atoms with Crippen molar-refractivity contribution in [1.82, 2.24) is 10.7 Å². The summed E-state index contributed by atoms with van der Waals surface area (Å²) in [5.41, 5.74) is 3.40. The molecular weight excluding hydrogens is 358 g/mol. The number of hydrogen-bond acceptors (Lipinski definition) is 3. The largest absolute Gasteiger partial charge is 0.356 e. The second-order valence-corrected chi connectivity index (χ2v) is 6.17. The predicted octanol–water partition coefficient (Wildman–Crippen LogP) is 3.38. The van der Waals surface area contributed by atoms with Crippen molar-refractivity contribution in [2.75, 3.05) is 6.54 Å². The van der Waals surface area contributed by atoms with Crippen molar-refractivity contribution in [3.8, 4) is 0 Å². The minimum Gasteiger partial charge on any atom is -0.356 e. The Balaban J connectivity index is 2.11. The lowest BCUT2D eigenvalue weighted by molar-refractivity contribution is -0.123. The lowest BCUT2D eigenvalue weighted by Crippen LogP contribution is -2.24. The molecule has 1 aromatic carbocycles. The highest BCUT2D eigenvalue weighted by atomic mass is 79.9. The van der Waals surface area contributed by atoms with Crippen LogP contribution in [-0.4, -0.2) is 24.6 Å². The van der Waals surface area contributed by atoms with Gasteiger partial charge in [-0.1, -0.05) is 41.4 Å². The normalized spacial score (nSPS) is 10.7. The number of amides is 2. The number of carbonyl (C=O) groups excluding carboxylic acids is 2. The molecule has 5 nitrogen and oxygen atoms in total. The number of hydrazone groups is 1. The molecule has 0 radical (unpaired) electrons. The molecule has 1 rings (SSSR count). The zero-order valence-electron chi connectivity index (χ0n) is 13.5. The molecule has 0 spiro atoms. The number of halogens is 1. The molecule has 0 aromatic heterocycles. The van der Waals surface area contributed by atoms with E-state index >= 15 is 0 Å². The quantitative estimate of drug-likeness (QED) is 0.370. The molecule has 0 aliphatic heterocycles. The van der Waals surface area contributed by atoms with Crippen LogP contribution >= 0.6 is 15.9 Å². The van der Waals surface area contributed by atoms with E-state index in [1.165, 1.54) is 0 Å². The van der Waals surface area contributed by atoms with Gasteiger partial charge >= 0.3 is 0 Å². The SMILES string of the molecule is CCCCNC(=O)CCCCC(=O)NN=Cc1cccc(Br)c1. The fraction of sp³-hybridized carbons (Fsp3) is 0.471. The van der Waals surface area contributed by atoms with Crippen LogP contribution in [-0.2, 0) is 9.59 Å². The second-order valence-electron chi connectivity index (χ2n) is 5.26. The van der Waals surface area contributed by atoms with Crippen molar-refractivity contribution < 1.29 is 9.59 Å². The van der Waals surface area contributed by atoms with Gasteiger partial charge in [-0.2, -0.15) is 5.10 Å². The first-order valence-electron chi connectivity index (χ1n) is 7.96. The molecule has 6 heteroatoms. The van der Waals surface area contributed by atoms with Gasteiger partial charge in [-0.05, 0) is 37.0 Å². The minimum absolute atomic E-state index is 0.0616. The van der Waals surface area contributed by atoms with Gasteiger partial charge in [0.2, 0.25) is 11.8 Å². The monoisotopic (exact) mass is 381 g/mol. The zero-order valence-corrected chi connectivity index (χ0v) is 15.1. The summed E-state index contributed by atoms with van der Waals surface area (Å²) >= 11 is 3.37. The smallest absolute Gasteiger partial charge is 0.240 e. The Morgan fingerprint density at radius 1 is 1.17 bits per heavy atom. The van der Waals surface area contributed by atoms with Crippen molar-refractivity contribution >= 4 is 34.0 Å². The molecule has 0 fully saturated rings. The van der Waals surface area contributed by atoms with Gasteiger partial charge in [-0.3, -0.25) is 9.59 Å². The van der Waals surface area contributed by atoms with Gasteiger partial charge in [-0.15, -0.1) is 0 Å². The summed E-state index contributed by atoms with van der Waals surface area (Å²) in [7, 11) is 0. The number of unbranched alkanes of at least 4 members (excludes halogenated alkanes) is 2. The van der Waals surface area contributed by atoms with E-state index in [4.69, 9.17) is 0 Å². The summed E-state index contributed by atoms with van der Waals surface area (Å²) in [4.78, 5) is 23.1. The maximum absolute atomic E-state index is 11.6. The highest BCUT2D eigenvalue weighted by Crippen LogP contribution is 2.09. The molecule has 0 unspecified atom stereocenters. The van der Waals surface area contributed by atoms with Crippen LogP contribution in [0.4, 0.5) is 0 Å². The number of hydrogen-bond donors (Lipinski definition) is 2. The summed E-state index contributed by atoms with van der Waals surface area (Å²) in [5.74, 6) is -0.0748. The Bertz CT molecular complexity index is 532. The van der Waals surface area contributed by atoms with Crippen LogP contribution in [0.2, 0.25) is 0 Å². The van der Waals surface area contributed by atoms with Crippen LogP contribution in [0.5, 0.6) is 0 Å². The Morgan fingerprint density at radius 2 is 1.91 bits per heavy atom. The van der Waals surface area contributed by atoms with Crippen LogP contribution in [0.1, 0.15) is 51.0 Å². The van der Waals surface area contributed by atoms with E-state index in [2.05, 4.69) is 38.7 Å². The van der Waals surface area contributed by atoms with Crippen LogP contribution in [0.25, 0.3) is 0 Å². The Kier molecular flexibility index (Phi) is 9.95. The highest BCUT2D eigenvalue weighted by Gasteiger charge is 2.03. The molecule has 0 saturated carbocycles. The lowest BCUT2D eigenvalue weighted by Gasteiger charge is -2.04. The number of carbonyl (C=O) groups is 2. The van der Waals surface area contributed by atoms with E-state index in [-0.39, 0.29) is 11.8 Å². The topological polar surface area (TPSA) is 70.6 Å². The van der Waals surface area contributed by atoms with Gasteiger partial charge in [-0.25, -0.2) is 5.43 Å². The summed E-state index contributed by atoms with van der Waals surface area (Å²) in [6.45, 7) is 2.82. The van der Waals surface area contributed by atoms with Gasteiger partial charge in [0.25, 0.3) is 0 Å². The maximum Gasteiger partial charge on any atom is 0.240 e. The molecule has 0 atom stereocenters. The molecule has 2 amide bonds. The number of benzene rings is 1. The molecule has 0 aliphatic rings. The molecule has 0 saturated heterocycles. The third kappa shape index (κ3) is 9.84. The van der Waals surface area contributed by atoms with Crippen molar-refractivity contribution in [2.24, 2.45) is 5.10 Å². The first-order valence-corrected chi connectivity index (χ1v) is 8.75. The van der Waals surface area contributed by atoms with Crippen LogP contribution in [0.15, 0.2) is 33.8 Å². The molecule has 23 heavy (non-hydrogen) atoms. The summed E-state index contributed by atoms with van der Waals surface area (Å²) in [5, 5.41) is 6.78. The fourth-order valence-electron chi connectivity index (χ4n) is 1.89. The second kappa shape index (κ2) is 11.8. The molecule has 1 aromatic rings. The molecule has 0 bridgehead atoms. The minimum atomic E-state index is -0.136. The first kappa shape index (κ1) is 19.4. The zero-order chi connectivity index (χ0) is 16.9. The van der Waals surface area contributed by atoms with Crippen molar-refractivity contribution in [2.45, 2.75) is 45.4 Å². The van der Waals surface area contributed by atoms with E-state index in [1.54, 1.807) is 6.21 Å². The van der Waals surface area contributed by atoms with Gasteiger partial charge in [0, 0.05) is 23.9 Å². The van der Waals surface area contributed by atoms with Crippen molar-refractivity contribution in [3.63, 3.8) is 0 Å². The first-order chi connectivity index (χ1) is 11.1. The van der Waals surface area contributed by atoms with Gasteiger partial charge in [0.05, 0.1) is 6.21 Å². The summed E-state index contributed by atoms with van der Waals surface area (Å²) in [6, 6.07) is 7.64. The Hall–Kier alpha value is -1.69. The van der Waals surface area contributed by atoms with Crippen molar-refractivity contribution in [3.05, 3.63) is 34.3 Å². The lowest BCUT2D eigenvalue weighted by atomic mass is 10.2. The Morgan fingerprint density at radius 3 is 2.61 bits per heavy atom. The third-order valence-electron chi connectivity index (χ3n) is 3.16. The number of nitrogens with one attached hydrogen (secondary N) is 2. The maximum atomic E-state index is 11.6. The number of nitrogens with zero attached hydrogens (tertiary/aromatic N) is 1. The average molecular weight is 382 g/mol. The fourth-order valence-corrected chi connectivity index (χ4v) is 2.30.